The van der Waals surface area contributed by atoms with Crippen LogP contribution in [0.15, 0.2) is 24.3 Å². The molecule has 136 valence electrons. The highest BCUT2D eigenvalue weighted by Gasteiger charge is 2.35. The molecule has 2 amide bonds. The van der Waals surface area contributed by atoms with Gasteiger partial charge in [0.05, 0.1) is 5.56 Å². The van der Waals surface area contributed by atoms with Crippen molar-refractivity contribution in [1.82, 2.24) is 10.6 Å². The largest absolute Gasteiger partial charge is 0.416 e. The molecule has 1 saturated heterocycles. The number of halogens is 3. The molecule has 1 aromatic carbocycles. The van der Waals surface area contributed by atoms with Gasteiger partial charge in [-0.2, -0.15) is 13.2 Å². The molecule has 0 aromatic heterocycles. The van der Waals surface area contributed by atoms with Gasteiger partial charge in [-0.3, -0.25) is 9.59 Å². The number of hydrogen-bond acceptors (Lipinski definition) is 2. The van der Waals surface area contributed by atoms with E-state index >= 15 is 0 Å². The predicted molar refractivity (Wildman–Crippen MR) is 85.7 cm³/mol. The Bertz CT molecular complexity index is 660. The van der Waals surface area contributed by atoms with E-state index in [0.717, 1.165) is 25.3 Å². The molecule has 4 nitrogen and oxygen atoms in total. The maximum Gasteiger partial charge on any atom is 0.416 e. The van der Waals surface area contributed by atoms with Gasteiger partial charge in [0.2, 0.25) is 11.8 Å². The van der Waals surface area contributed by atoms with Gasteiger partial charge in [0.25, 0.3) is 0 Å². The lowest BCUT2D eigenvalue weighted by Crippen LogP contribution is -2.45. The van der Waals surface area contributed by atoms with Gasteiger partial charge < -0.3 is 10.6 Å². The van der Waals surface area contributed by atoms with E-state index in [4.69, 9.17) is 0 Å². The second-order valence-corrected chi connectivity index (χ2v) is 6.82. The van der Waals surface area contributed by atoms with Crippen LogP contribution in [0.25, 0.3) is 0 Å². The van der Waals surface area contributed by atoms with Crippen molar-refractivity contribution in [3.05, 3.63) is 35.4 Å². The zero-order valence-corrected chi connectivity index (χ0v) is 13.7. The van der Waals surface area contributed by atoms with Crippen LogP contribution in [-0.2, 0) is 15.8 Å². The number of piperidine rings is 1. The van der Waals surface area contributed by atoms with Crippen molar-refractivity contribution < 1.29 is 22.8 Å². The summed E-state index contributed by atoms with van der Waals surface area (Å²) in [6, 6.07) is 5.18. The van der Waals surface area contributed by atoms with E-state index in [1.54, 1.807) is 6.07 Å². The molecule has 1 aliphatic heterocycles. The fourth-order valence-corrected chi connectivity index (χ4v) is 3.79. The highest BCUT2D eigenvalue weighted by Crippen LogP contribution is 2.37. The Labute approximate surface area is 144 Å². The highest BCUT2D eigenvalue weighted by molar-refractivity contribution is 5.87. The summed E-state index contributed by atoms with van der Waals surface area (Å²) in [4.78, 5) is 23.9. The van der Waals surface area contributed by atoms with E-state index in [1.807, 2.05) is 0 Å². The van der Waals surface area contributed by atoms with Crippen molar-refractivity contribution >= 4 is 11.8 Å². The monoisotopic (exact) mass is 354 g/mol. The number of rotatable bonds is 3. The lowest BCUT2D eigenvalue weighted by Gasteiger charge is -2.26. The lowest BCUT2D eigenvalue weighted by atomic mass is 9.91. The summed E-state index contributed by atoms with van der Waals surface area (Å²) >= 11 is 0. The molecule has 3 rings (SSSR count). The minimum absolute atomic E-state index is 0.122. The number of carbonyl (C=O) groups excluding carboxylic acids is 2. The molecule has 25 heavy (non-hydrogen) atoms. The standard InChI is InChI=1S/C18H21F3N2O2/c19-18(20,21)13-4-1-3-11(9-13)14-5-2-6-15(14)23-17(25)12-7-8-22-16(24)10-12/h1,3-4,9,12,14-15H,2,5-8,10H2,(H,22,24)(H,23,25)/t12?,14-,15+/m0/s1. The van der Waals surface area contributed by atoms with Crippen molar-refractivity contribution in [2.24, 2.45) is 5.92 Å². The maximum absolute atomic E-state index is 12.9. The molecule has 2 aliphatic rings. The number of nitrogens with one attached hydrogen (secondary N) is 2. The third kappa shape index (κ3) is 4.14. The molecular formula is C18H21F3N2O2. The summed E-state index contributed by atoms with van der Waals surface area (Å²) in [5, 5.41) is 5.67. The zero-order chi connectivity index (χ0) is 18.0. The summed E-state index contributed by atoms with van der Waals surface area (Å²) in [5.41, 5.74) is -0.0510. The van der Waals surface area contributed by atoms with Crippen LogP contribution in [0.3, 0.4) is 0 Å². The van der Waals surface area contributed by atoms with Crippen LogP contribution in [0.2, 0.25) is 0 Å². The Morgan fingerprint density at radius 3 is 2.72 bits per heavy atom. The molecule has 1 aliphatic carbocycles. The quantitative estimate of drug-likeness (QED) is 0.877. The van der Waals surface area contributed by atoms with Gasteiger partial charge in [-0.15, -0.1) is 0 Å². The molecule has 3 atom stereocenters. The van der Waals surface area contributed by atoms with Crippen LogP contribution in [0.1, 0.15) is 49.1 Å². The van der Waals surface area contributed by atoms with Gasteiger partial charge in [-0.05, 0) is 30.9 Å². The SMILES string of the molecule is O=C1CC(C(=O)N[C@@H]2CCC[C@H]2c2cccc(C(F)(F)F)c2)CCN1. The first-order valence-corrected chi connectivity index (χ1v) is 8.59. The fourth-order valence-electron chi connectivity index (χ4n) is 3.79. The Balaban J connectivity index is 1.70. The number of benzene rings is 1. The van der Waals surface area contributed by atoms with Gasteiger partial charge in [-0.25, -0.2) is 0 Å². The third-order valence-corrected chi connectivity index (χ3v) is 5.10. The van der Waals surface area contributed by atoms with Crippen LogP contribution in [0, 0.1) is 5.92 Å². The first-order valence-electron chi connectivity index (χ1n) is 8.59. The number of hydrogen-bond donors (Lipinski definition) is 2. The number of carbonyl (C=O) groups is 2. The Morgan fingerprint density at radius 1 is 1.20 bits per heavy atom. The number of amides is 2. The topological polar surface area (TPSA) is 58.2 Å². The summed E-state index contributed by atoms with van der Waals surface area (Å²) in [6.45, 7) is 0.485. The normalized spacial score (nSPS) is 27.0. The van der Waals surface area contributed by atoms with E-state index in [0.29, 0.717) is 18.5 Å². The van der Waals surface area contributed by atoms with E-state index in [1.165, 1.54) is 12.1 Å². The van der Waals surface area contributed by atoms with E-state index in [2.05, 4.69) is 10.6 Å². The second-order valence-electron chi connectivity index (χ2n) is 6.82. The van der Waals surface area contributed by atoms with Crippen LogP contribution >= 0.6 is 0 Å². The third-order valence-electron chi connectivity index (χ3n) is 5.10. The average Bonchev–Trinajstić information content (AvgIpc) is 3.02. The summed E-state index contributed by atoms with van der Waals surface area (Å²) in [6.07, 6.45) is -1.26. The van der Waals surface area contributed by atoms with Crippen LogP contribution in [0.4, 0.5) is 13.2 Å². The molecule has 2 fully saturated rings. The van der Waals surface area contributed by atoms with Crippen molar-refractivity contribution in [3.63, 3.8) is 0 Å². The summed E-state index contributed by atoms with van der Waals surface area (Å²) < 4.78 is 38.8. The predicted octanol–water partition coefficient (Wildman–Crippen LogP) is 2.98. The molecule has 1 unspecified atom stereocenters. The van der Waals surface area contributed by atoms with Crippen LogP contribution in [-0.4, -0.2) is 24.4 Å². The number of alkyl halides is 3. The van der Waals surface area contributed by atoms with Crippen LogP contribution in [0.5, 0.6) is 0 Å². The van der Waals surface area contributed by atoms with E-state index < -0.39 is 11.7 Å². The maximum atomic E-state index is 12.9. The fraction of sp³-hybridized carbons (Fsp3) is 0.556. The molecule has 7 heteroatoms. The first-order chi connectivity index (χ1) is 11.8. The smallest absolute Gasteiger partial charge is 0.356 e. The van der Waals surface area contributed by atoms with Gasteiger partial charge in [0.1, 0.15) is 0 Å². The molecule has 1 saturated carbocycles. The van der Waals surface area contributed by atoms with Crippen molar-refractivity contribution in [3.8, 4) is 0 Å². The minimum atomic E-state index is -4.37. The van der Waals surface area contributed by atoms with Crippen LogP contribution < -0.4 is 10.6 Å². The Morgan fingerprint density at radius 2 is 2.00 bits per heavy atom. The van der Waals surface area contributed by atoms with Gasteiger partial charge in [-0.1, -0.05) is 24.6 Å². The molecule has 1 aromatic rings. The van der Waals surface area contributed by atoms with Gasteiger partial charge >= 0.3 is 6.18 Å². The second kappa shape index (κ2) is 7.06. The first kappa shape index (κ1) is 17.8. The minimum Gasteiger partial charge on any atom is -0.356 e. The Kier molecular flexibility index (Phi) is 5.01. The molecule has 0 bridgehead atoms. The van der Waals surface area contributed by atoms with E-state index in [-0.39, 0.29) is 36.1 Å². The molecule has 1 heterocycles. The molecular weight excluding hydrogens is 333 g/mol. The van der Waals surface area contributed by atoms with Gasteiger partial charge in [0.15, 0.2) is 0 Å². The van der Waals surface area contributed by atoms with Gasteiger partial charge in [0, 0.05) is 30.8 Å². The molecule has 0 radical (unpaired) electrons. The summed E-state index contributed by atoms with van der Waals surface area (Å²) in [5.74, 6) is -0.772. The van der Waals surface area contributed by atoms with Crippen molar-refractivity contribution in [2.45, 2.75) is 50.2 Å². The lowest BCUT2D eigenvalue weighted by molar-refractivity contribution is -0.137. The molecule has 2 N–H and O–H groups in total. The summed E-state index contributed by atoms with van der Waals surface area (Å²) in [7, 11) is 0. The average molecular weight is 354 g/mol. The zero-order valence-electron chi connectivity index (χ0n) is 13.7. The van der Waals surface area contributed by atoms with Crippen molar-refractivity contribution in [1.29, 1.82) is 0 Å². The van der Waals surface area contributed by atoms with E-state index in [9.17, 15) is 22.8 Å². The Hall–Kier alpha value is -2.05. The molecule has 0 spiro atoms. The highest BCUT2D eigenvalue weighted by atomic mass is 19.4. The van der Waals surface area contributed by atoms with Crippen molar-refractivity contribution in [2.75, 3.05) is 6.54 Å².